The van der Waals surface area contributed by atoms with Crippen molar-refractivity contribution < 1.29 is 43.9 Å². The first-order valence-electron chi connectivity index (χ1n) is 10.1. The summed E-state index contributed by atoms with van der Waals surface area (Å²) in [6.45, 7) is 9.70. The molecule has 31 heavy (non-hydrogen) atoms. The van der Waals surface area contributed by atoms with E-state index in [1.165, 1.54) is 32.1 Å². The molecule has 1 fully saturated rings. The standard InChI is InChI=1S/C22H32O9/c1-7-11(4)10-14(23)29-18-16(25)15(24)17(26)19(30-21(27)12(5)8-2)20(18)31-22(28)13(6)9-3/h8-10,15-20,24-26H,7H2,1-6H3/b11-10+,12-8-,13-9-/t15-,16-,17+,18+,19+,20+/m1/s1. The van der Waals surface area contributed by atoms with Crippen LogP contribution in [0.4, 0.5) is 0 Å². The van der Waals surface area contributed by atoms with Gasteiger partial charge in [0.05, 0.1) is 0 Å². The first kappa shape index (κ1) is 26.5. The van der Waals surface area contributed by atoms with Crippen LogP contribution in [-0.4, -0.2) is 69.9 Å². The van der Waals surface area contributed by atoms with E-state index in [-0.39, 0.29) is 11.1 Å². The normalized spacial score (nSPS) is 29.9. The third-order valence-corrected chi connectivity index (χ3v) is 5.19. The second kappa shape index (κ2) is 11.8. The monoisotopic (exact) mass is 440 g/mol. The lowest BCUT2D eigenvalue weighted by Gasteiger charge is -2.44. The second-order valence-electron chi connectivity index (χ2n) is 7.40. The molecule has 0 bridgehead atoms. The molecule has 0 radical (unpaired) electrons. The fourth-order valence-electron chi connectivity index (χ4n) is 2.71. The lowest BCUT2D eigenvalue weighted by molar-refractivity contribution is -0.244. The predicted molar refractivity (Wildman–Crippen MR) is 111 cm³/mol. The number of rotatable bonds is 7. The Bertz CT molecular complexity index is 765. The van der Waals surface area contributed by atoms with Crippen LogP contribution in [0, 0.1) is 0 Å². The van der Waals surface area contributed by atoms with Gasteiger partial charge in [-0.05, 0) is 41.0 Å². The maximum absolute atomic E-state index is 12.4. The number of hydrogen-bond donors (Lipinski definition) is 3. The van der Waals surface area contributed by atoms with Gasteiger partial charge in [0.2, 0.25) is 0 Å². The Morgan fingerprint density at radius 1 is 0.742 bits per heavy atom. The van der Waals surface area contributed by atoms with E-state index in [2.05, 4.69) is 0 Å². The van der Waals surface area contributed by atoms with Gasteiger partial charge >= 0.3 is 17.9 Å². The van der Waals surface area contributed by atoms with Crippen molar-refractivity contribution >= 4 is 17.9 Å². The van der Waals surface area contributed by atoms with Gasteiger partial charge in [-0.15, -0.1) is 0 Å². The zero-order chi connectivity index (χ0) is 23.9. The van der Waals surface area contributed by atoms with Gasteiger partial charge in [0.25, 0.3) is 0 Å². The van der Waals surface area contributed by atoms with Gasteiger partial charge in [0, 0.05) is 17.2 Å². The molecule has 0 aromatic rings. The molecule has 3 N–H and O–H groups in total. The highest BCUT2D eigenvalue weighted by Crippen LogP contribution is 2.30. The molecule has 0 spiro atoms. The first-order chi connectivity index (χ1) is 14.5. The number of aliphatic hydroxyl groups excluding tert-OH is 3. The van der Waals surface area contributed by atoms with Crippen LogP contribution >= 0.6 is 0 Å². The maximum atomic E-state index is 12.4. The number of hydrogen-bond acceptors (Lipinski definition) is 9. The molecule has 9 heteroatoms. The van der Waals surface area contributed by atoms with E-state index in [1.807, 2.05) is 6.92 Å². The van der Waals surface area contributed by atoms with Crippen LogP contribution in [0.3, 0.4) is 0 Å². The molecular weight excluding hydrogens is 408 g/mol. The van der Waals surface area contributed by atoms with Crippen molar-refractivity contribution in [3.63, 3.8) is 0 Å². The Balaban J connectivity index is 3.37. The highest BCUT2D eigenvalue weighted by molar-refractivity contribution is 5.89. The lowest BCUT2D eigenvalue weighted by atomic mass is 9.84. The van der Waals surface area contributed by atoms with Gasteiger partial charge in [0.1, 0.15) is 18.3 Å². The lowest BCUT2D eigenvalue weighted by Crippen LogP contribution is -2.66. The summed E-state index contributed by atoms with van der Waals surface area (Å²) in [5, 5.41) is 31.2. The molecule has 0 aliphatic heterocycles. The van der Waals surface area contributed by atoms with Crippen molar-refractivity contribution in [1.82, 2.24) is 0 Å². The second-order valence-corrected chi connectivity index (χ2v) is 7.40. The minimum absolute atomic E-state index is 0.205. The topological polar surface area (TPSA) is 140 Å². The van der Waals surface area contributed by atoms with E-state index in [4.69, 9.17) is 14.2 Å². The zero-order valence-corrected chi connectivity index (χ0v) is 18.7. The molecule has 6 atom stereocenters. The van der Waals surface area contributed by atoms with Gasteiger partial charge in [-0.25, -0.2) is 14.4 Å². The third-order valence-electron chi connectivity index (χ3n) is 5.19. The molecule has 0 aromatic heterocycles. The Hall–Kier alpha value is -2.49. The van der Waals surface area contributed by atoms with Gasteiger partial charge in [-0.3, -0.25) is 0 Å². The van der Waals surface area contributed by atoms with Crippen LogP contribution in [0.25, 0.3) is 0 Å². The quantitative estimate of drug-likeness (QED) is 0.302. The smallest absolute Gasteiger partial charge is 0.333 e. The molecule has 0 saturated heterocycles. The van der Waals surface area contributed by atoms with Crippen LogP contribution in [0.1, 0.15) is 48.0 Å². The van der Waals surface area contributed by atoms with Crippen LogP contribution in [-0.2, 0) is 28.6 Å². The van der Waals surface area contributed by atoms with Crippen molar-refractivity contribution in [3.05, 3.63) is 34.9 Å². The predicted octanol–water partition coefficient (Wildman–Crippen LogP) is 1.11. The summed E-state index contributed by atoms with van der Waals surface area (Å²) in [5.41, 5.74) is 1.11. The van der Waals surface area contributed by atoms with Crippen molar-refractivity contribution in [1.29, 1.82) is 0 Å². The van der Waals surface area contributed by atoms with E-state index >= 15 is 0 Å². The van der Waals surface area contributed by atoms with Crippen molar-refractivity contribution in [2.24, 2.45) is 0 Å². The van der Waals surface area contributed by atoms with Crippen LogP contribution < -0.4 is 0 Å². The van der Waals surface area contributed by atoms with Gasteiger partial charge < -0.3 is 29.5 Å². The Morgan fingerprint density at radius 2 is 1.16 bits per heavy atom. The zero-order valence-electron chi connectivity index (χ0n) is 18.7. The van der Waals surface area contributed by atoms with E-state index in [0.29, 0.717) is 12.0 Å². The number of allylic oxidation sites excluding steroid dienone is 3. The minimum Gasteiger partial charge on any atom is -0.452 e. The summed E-state index contributed by atoms with van der Waals surface area (Å²) >= 11 is 0. The number of carbonyl (C=O) groups excluding carboxylic acids is 3. The molecule has 0 heterocycles. The van der Waals surface area contributed by atoms with E-state index in [9.17, 15) is 29.7 Å². The summed E-state index contributed by atoms with van der Waals surface area (Å²) in [6, 6.07) is 0. The van der Waals surface area contributed by atoms with Crippen LogP contribution in [0.2, 0.25) is 0 Å². The highest BCUT2D eigenvalue weighted by Gasteiger charge is 2.55. The number of aliphatic hydroxyl groups is 3. The van der Waals surface area contributed by atoms with Gasteiger partial charge in [-0.1, -0.05) is 24.6 Å². The maximum Gasteiger partial charge on any atom is 0.333 e. The summed E-state index contributed by atoms with van der Waals surface area (Å²) < 4.78 is 15.9. The molecule has 1 aliphatic rings. The minimum atomic E-state index is -1.82. The van der Waals surface area contributed by atoms with E-state index < -0.39 is 54.5 Å². The van der Waals surface area contributed by atoms with Crippen molar-refractivity contribution in [2.75, 3.05) is 0 Å². The van der Waals surface area contributed by atoms with Crippen molar-refractivity contribution in [3.8, 4) is 0 Å². The van der Waals surface area contributed by atoms with Gasteiger partial charge in [-0.2, -0.15) is 0 Å². The molecule has 0 unspecified atom stereocenters. The van der Waals surface area contributed by atoms with Crippen molar-refractivity contribution in [2.45, 2.75) is 84.6 Å². The fourth-order valence-corrected chi connectivity index (χ4v) is 2.71. The SMILES string of the molecule is C/C=C(/C)C(=O)O[C@H]1[C@@H](OC(=O)/C=C(\C)CC)[C@H](O)[C@@H](O)[C@H](O)[C@@H]1OC(=O)/C(C)=C\C. The molecule has 9 nitrogen and oxygen atoms in total. The molecule has 1 saturated carbocycles. The Labute approximate surface area is 182 Å². The Kier molecular flexibility index (Phi) is 10.1. The molecule has 1 rings (SSSR count). The summed E-state index contributed by atoms with van der Waals surface area (Å²) in [6.07, 6.45) is -5.44. The van der Waals surface area contributed by atoms with Gasteiger partial charge in [0.15, 0.2) is 18.3 Å². The highest BCUT2D eigenvalue weighted by atomic mass is 16.6. The summed E-state index contributed by atoms with van der Waals surface area (Å²) in [5.74, 6) is -2.50. The van der Waals surface area contributed by atoms with Crippen LogP contribution in [0.5, 0.6) is 0 Å². The summed E-state index contributed by atoms with van der Waals surface area (Å²) in [7, 11) is 0. The Morgan fingerprint density at radius 3 is 1.58 bits per heavy atom. The molecule has 0 amide bonds. The first-order valence-corrected chi connectivity index (χ1v) is 10.1. The largest absolute Gasteiger partial charge is 0.452 e. The van der Waals surface area contributed by atoms with E-state index in [0.717, 1.165) is 0 Å². The molecular formula is C22H32O9. The van der Waals surface area contributed by atoms with Crippen LogP contribution in [0.15, 0.2) is 34.9 Å². The molecule has 0 aromatic carbocycles. The fraction of sp³-hybridized carbons (Fsp3) is 0.591. The van der Waals surface area contributed by atoms with E-state index in [1.54, 1.807) is 20.8 Å². The molecule has 1 aliphatic carbocycles. The summed E-state index contributed by atoms with van der Waals surface area (Å²) in [4.78, 5) is 37.0. The number of ether oxygens (including phenoxy) is 3. The number of esters is 3. The number of carbonyl (C=O) groups is 3. The molecule has 174 valence electrons. The average molecular weight is 440 g/mol. The third kappa shape index (κ3) is 6.75. The average Bonchev–Trinajstić information content (AvgIpc) is 2.75.